The number of carbonyl (C=O) groups is 1. The molecule has 1 aliphatic rings. The summed E-state index contributed by atoms with van der Waals surface area (Å²) in [6.07, 6.45) is 2.37. The summed E-state index contributed by atoms with van der Waals surface area (Å²) in [5, 5.41) is 0. The predicted molar refractivity (Wildman–Crippen MR) is 51.8 cm³/mol. The molecule has 0 bridgehead atoms. The first-order valence-corrected chi connectivity index (χ1v) is 4.89. The molecule has 76 valence electrons. The molecule has 0 aromatic heterocycles. The Hall–Kier alpha value is -0.610. The van der Waals surface area contributed by atoms with Gasteiger partial charge >= 0.3 is 0 Å². The number of carbonyl (C=O) groups excluding carboxylic acids is 1. The lowest BCUT2D eigenvalue weighted by Gasteiger charge is -2.33. The zero-order valence-corrected chi connectivity index (χ0v) is 8.42. The topological polar surface area (TPSA) is 58.4 Å². The second-order valence-corrected chi connectivity index (χ2v) is 3.90. The van der Waals surface area contributed by atoms with Crippen LogP contribution in [0.5, 0.6) is 0 Å². The van der Waals surface area contributed by atoms with Crippen LogP contribution in [0.3, 0.4) is 0 Å². The molecule has 1 amide bonds. The van der Waals surface area contributed by atoms with Crippen LogP contribution in [0.4, 0.5) is 0 Å². The van der Waals surface area contributed by atoms with Gasteiger partial charge in [0.25, 0.3) is 5.91 Å². The van der Waals surface area contributed by atoms with Gasteiger partial charge in [-0.05, 0) is 38.8 Å². The summed E-state index contributed by atoms with van der Waals surface area (Å²) in [5.74, 6) is 5.79. The van der Waals surface area contributed by atoms with E-state index in [1.165, 1.54) is 12.8 Å². The molecule has 4 nitrogen and oxygen atoms in total. The molecule has 0 aromatic carbocycles. The number of nitrogens with zero attached hydrogens (tertiary/aromatic N) is 1. The maximum atomic E-state index is 11.2. The van der Waals surface area contributed by atoms with Gasteiger partial charge in [-0.2, -0.15) is 0 Å². The SMILES string of the molecule is CC1CCN(C(C)C(=O)NN)CC1. The standard InChI is InChI=1S/C9H19N3O/c1-7-3-5-12(6-4-7)8(2)9(13)11-10/h7-8H,3-6,10H2,1-2H3,(H,11,13). The van der Waals surface area contributed by atoms with Crippen LogP contribution < -0.4 is 11.3 Å². The van der Waals surface area contributed by atoms with Crippen LogP contribution in [0.2, 0.25) is 0 Å². The summed E-state index contributed by atoms with van der Waals surface area (Å²) >= 11 is 0. The van der Waals surface area contributed by atoms with Crippen LogP contribution >= 0.6 is 0 Å². The lowest BCUT2D eigenvalue weighted by molar-refractivity contribution is -0.126. The van der Waals surface area contributed by atoms with Gasteiger partial charge in [0.1, 0.15) is 0 Å². The minimum atomic E-state index is -0.0884. The van der Waals surface area contributed by atoms with E-state index in [0.29, 0.717) is 0 Å². The van der Waals surface area contributed by atoms with Crippen LogP contribution in [-0.4, -0.2) is 29.9 Å². The molecule has 0 saturated carbocycles. The zero-order chi connectivity index (χ0) is 9.84. The summed E-state index contributed by atoms with van der Waals surface area (Å²) in [6.45, 7) is 6.18. The lowest BCUT2D eigenvalue weighted by atomic mass is 9.98. The van der Waals surface area contributed by atoms with Crippen molar-refractivity contribution in [2.75, 3.05) is 13.1 Å². The van der Waals surface area contributed by atoms with Gasteiger partial charge in [-0.15, -0.1) is 0 Å². The summed E-state index contributed by atoms with van der Waals surface area (Å²) < 4.78 is 0. The summed E-state index contributed by atoms with van der Waals surface area (Å²) in [7, 11) is 0. The molecule has 1 rings (SSSR count). The summed E-state index contributed by atoms with van der Waals surface area (Å²) in [5.41, 5.74) is 2.19. The average molecular weight is 185 g/mol. The Morgan fingerprint density at radius 3 is 2.54 bits per heavy atom. The number of nitrogens with one attached hydrogen (secondary N) is 1. The van der Waals surface area contributed by atoms with E-state index in [9.17, 15) is 4.79 Å². The van der Waals surface area contributed by atoms with E-state index in [1.54, 1.807) is 0 Å². The maximum Gasteiger partial charge on any atom is 0.250 e. The number of amides is 1. The van der Waals surface area contributed by atoms with Gasteiger partial charge in [0.2, 0.25) is 0 Å². The van der Waals surface area contributed by atoms with Gasteiger partial charge in [0, 0.05) is 0 Å². The predicted octanol–water partition coefficient (Wildman–Crippen LogP) is 0.0967. The smallest absolute Gasteiger partial charge is 0.250 e. The third-order valence-corrected chi connectivity index (χ3v) is 2.89. The molecule has 3 N–H and O–H groups in total. The molecule has 1 aliphatic heterocycles. The van der Waals surface area contributed by atoms with E-state index >= 15 is 0 Å². The number of nitrogens with two attached hydrogens (primary N) is 1. The monoisotopic (exact) mass is 185 g/mol. The molecule has 1 saturated heterocycles. The van der Waals surface area contributed by atoms with E-state index in [-0.39, 0.29) is 11.9 Å². The number of likely N-dealkylation sites (tertiary alicyclic amines) is 1. The molecule has 0 radical (unpaired) electrons. The molecule has 4 heteroatoms. The van der Waals surface area contributed by atoms with Gasteiger partial charge in [0.05, 0.1) is 6.04 Å². The Morgan fingerprint density at radius 1 is 1.54 bits per heavy atom. The van der Waals surface area contributed by atoms with E-state index in [2.05, 4.69) is 17.2 Å². The molecule has 0 aliphatic carbocycles. The Balaban J connectivity index is 2.39. The first kappa shape index (κ1) is 10.5. The Labute approximate surface area is 79.4 Å². The van der Waals surface area contributed by atoms with Crippen molar-refractivity contribution in [3.05, 3.63) is 0 Å². The molecular weight excluding hydrogens is 166 g/mol. The van der Waals surface area contributed by atoms with E-state index in [4.69, 9.17) is 5.84 Å². The number of hydrogen-bond donors (Lipinski definition) is 2. The van der Waals surface area contributed by atoms with Crippen molar-refractivity contribution in [2.24, 2.45) is 11.8 Å². The highest BCUT2D eigenvalue weighted by Gasteiger charge is 2.24. The summed E-state index contributed by atoms with van der Waals surface area (Å²) in [4.78, 5) is 13.4. The lowest BCUT2D eigenvalue weighted by Crippen LogP contribution is -2.49. The molecule has 1 unspecified atom stereocenters. The van der Waals surface area contributed by atoms with E-state index in [0.717, 1.165) is 19.0 Å². The minimum Gasteiger partial charge on any atom is -0.293 e. The van der Waals surface area contributed by atoms with Crippen molar-refractivity contribution in [1.82, 2.24) is 10.3 Å². The molecule has 0 spiro atoms. The zero-order valence-electron chi connectivity index (χ0n) is 8.42. The van der Waals surface area contributed by atoms with Crippen molar-refractivity contribution >= 4 is 5.91 Å². The first-order chi connectivity index (χ1) is 6.15. The summed E-state index contributed by atoms with van der Waals surface area (Å²) in [6, 6.07) is -0.0856. The average Bonchev–Trinajstić information content (AvgIpc) is 2.17. The second-order valence-electron chi connectivity index (χ2n) is 3.90. The second kappa shape index (κ2) is 4.58. The van der Waals surface area contributed by atoms with Crippen molar-refractivity contribution in [2.45, 2.75) is 32.7 Å². The minimum absolute atomic E-state index is 0.0856. The largest absolute Gasteiger partial charge is 0.293 e. The molecule has 0 aromatic rings. The number of hydrazine groups is 1. The van der Waals surface area contributed by atoms with Gasteiger partial charge in [-0.1, -0.05) is 6.92 Å². The highest BCUT2D eigenvalue weighted by molar-refractivity contribution is 5.80. The Bertz CT molecular complexity index is 176. The number of rotatable bonds is 2. The van der Waals surface area contributed by atoms with Crippen LogP contribution in [0.15, 0.2) is 0 Å². The molecule has 1 fully saturated rings. The van der Waals surface area contributed by atoms with E-state index < -0.39 is 0 Å². The number of piperidine rings is 1. The third kappa shape index (κ3) is 2.67. The van der Waals surface area contributed by atoms with Crippen LogP contribution in [0.1, 0.15) is 26.7 Å². The molecule has 13 heavy (non-hydrogen) atoms. The van der Waals surface area contributed by atoms with Crippen molar-refractivity contribution < 1.29 is 4.79 Å². The molecule has 1 atom stereocenters. The Morgan fingerprint density at radius 2 is 2.08 bits per heavy atom. The fourth-order valence-electron chi connectivity index (χ4n) is 1.70. The normalized spacial score (nSPS) is 22.7. The molecular formula is C9H19N3O. The van der Waals surface area contributed by atoms with Crippen LogP contribution in [0.25, 0.3) is 0 Å². The quantitative estimate of drug-likeness (QED) is 0.364. The third-order valence-electron chi connectivity index (χ3n) is 2.89. The van der Waals surface area contributed by atoms with Gasteiger partial charge in [-0.3, -0.25) is 15.1 Å². The molecule has 1 heterocycles. The first-order valence-electron chi connectivity index (χ1n) is 4.89. The fraction of sp³-hybridized carbons (Fsp3) is 0.889. The van der Waals surface area contributed by atoms with Crippen LogP contribution in [-0.2, 0) is 4.79 Å². The van der Waals surface area contributed by atoms with Crippen molar-refractivity contribution in [3.63, 3.8) is 0 Å². The van der Waals surface area contributed by atoms with Gasteiger partial charge < -0.3 is 0 Å². The fourth-order valence-corrected chi connectivity index (χ4v) is 1.70. The Kier molecular flexibility index (Phi) is 3.69. The van der Waals surface area contributed by atoms with Crippen molar-refractivity contribution in [3.8, 4) is 0 Å². The highest BCUT2D eigenvalue weighted by atomic mass is 16.2. The maximum absolute atomic E-state index is 11.2. The highest BCUT2D eigenvalue weighted by Crippen LogP contribution is 2.17. The van der Waals surface area contributed by atoms with Crippen LogP contribution in [0, 0.1) is 5.92 Å². The van der Waals surface area contributed by atoms with Gasteiger partial charge in [0.15, 0.2) is 0 Å². The van der Waals surface area contributed by atoms with Gasteiger partial charge in [-0.25, -0.2) is 5.84 Å². The van der Waals surface area contributed by atoms with Crippen molar-refractivity contribution in [1.29, 1.82) is 0 Å². The van der Waals surface area contributed by atoms with E-state index in [1.807, 2.05) is 6.92 Å². The number of hydrogen-bond acceptors (Lipinski definition) is 3.